The number of benzene rings is 1. The average molecular weight is 348 g/mol. The number of β-amino-alcohol motifs (C(OH)–C–C–N with tert-alkyl or cyclic N) is 1. The molecular formula is C19H28N2O4. The van der Waals surface area contributed by atoms with Crippen LogP contribution >= 0.6 is 0 Å². The molecule has 0 unspecified atom stereocenters. The van der Waals surface area contributed by atoms with Crippen molar-refractivity contribution < 1.29 is 19.4 Å². The Labute approximate surface area is 149 Å². The van der Waals surface area contributed by atoms with Crippen LogP contribution in [0.5, 0.6) is 0 Å². The van der Waals surface area contributed by atoms with Crippen LogP contribution in [0.1, 0.15) is 39.2 Å². The van der Waals surface area contributed by atoms with Crippen molar-refractivity contribution in [3.8, 4) is 0 Å². The molecule has 1 aromatic carbocycles. The number of likely N-dealkylation sites (tertiary alicyclic amines) is 1. The molecule has 6 heteroatoms. The van der Waals surface area contributed by atoms with Crippen molar-refractivity contribution in [1.82, 2.24) is 10.2 Å². The molecule has 1 fully saturated rings. The fourth-order valence-electron chi connectivity index (χ4n) is 2.85. The molecule has 0 bridgehead atoms. The second-order valence-electron chi connectivity index (χ2n) is 7.42. The predicted molar refractivity (Wildman–Crippen MR) is 95.1 cm³/mol. The number of rotatable bonds is 5. The molecule has 0 aromatic heterocycles. The number of hydrogen-bond acceptors (Lipinski definition) is 4. The lowest BCUT2D eigenvalue weighted by Gasteiger charge is -2.27. The largest absolute Gasteiger partial charge is 0.444 e. The highest BCUT2D eigenvalue weighted by molar-refractivity contribution is 5.86. The van der Waals surface area contributed by atoms with Gasteiger partial charge in [0.15, 0.2) is 0 Å². The molecule has 1 aromatic rings. The number of amides is 2. The molecular weight excluding hydrogens is 320 g/mol. The number of ether oxygens (including phenoxy) is 1. The second-order valence-corrected chi connectivity index (χ2v) is 7.42. The highest BCUT2D eigenvalue weighted by Crippen LogP contribution is 2.21. The highest BCUT2D eigenvalue weighted by atomic mass is 16.6. The summed E-state index contributed by atoms with van der Waals surface area (Å²) in [7, 11) is 0. The van der Waals surface area contributed by atoms with Crippen molar-refractivity contribution in [2.75, 3.05) is 13.1 Å². The van der Waals surface area contributed by atoms with Gasteiger partial charge in [0, 0.05) is 13.0 Å². The number of nitrogens with one attached hydrogen (secondary N) is 1. The minimum absolute atomic E-state index is 0.122. The minimum Gasteiger partial charge on any atom is -0.444 e. The maximum absolute atomic E-state index is 12.4. The molecule has 0 saturated carbocycles. The van der Waals surface area contributed by atoms with Crippen molar-refractivity contribution in [2.24, 2.45) is 0 Å². The van der Waals surface area contributed by atoms with E-state index in [2.05, 4.69) is 17.4 Å². The van der Waals surface area contributed by atoms with E-state index in [0.717, 1.165) is 12.8 Å². The van der Waals surface area contributed by atoms with Crippen molar-refractivity contribution in [2.45, 2.75) is 57.8 Å². The maximum Gasteiger partial charge on any atom is 0.411 e. The lowest BCUT2D eigenvalue weighted by Crippen LogP contribution is -2.47. The topological polar surface area (TPSA) is 78.9 Å². The molecule has 0 aliphatic carbocycles. The summed E-state index contributed by atoms with van der Waals surface area (Å²) >= 11 is 0. The first kappa shape index (κ1) is 19.2. The first-order valence-electron chi connectivity index (χ1n) is 8.75. The Balaban J connectivity index is 1.83. The van der Waals surface area contributed by atoms with Gasteiger partial charge in [-0.2, -0.15) is 0 Å². The minimum atomic E-state index is -0.701. The summed E-state index contributed by atoms with van der Waals surface area (Å²) in [4.78, 5) is 26.0. The molecule has 1 aliphatic heterocycles. The fraction of sp³-hybridized carbons (Fsp3) is 0.579. The van der Waals surface area contributed by atoms with Gasteiger partial charge in [-0.1, -0.05) is 30.3 Å². The third kappa shape index (κ3) is 6.05. The molecule has 0 spiro atoms. The van der Waals surface area contributed by atoms with Crippen LogP contribution in [0.3, 0.4) is 0 Å². The van der Waals surface area contributed by atoms with E-state index in [1.807, 2.05) is 18.2 Å². The molecule has 2 N–H and O–H groups in total. The number of aryl methyl sites for hydroxylation is 1. The van der Waals surface area contributed by atoms with Gasteiger partial charge in [0.2, 0.25) is 5.91 Å². The summed E-state index contributed by atoms with van der Waals surface area (Å²) in [5.74, 6) is -0.240. The Kier molecular flexibility index (Phi) is 6.42. The van der Waals surface area contributed by atoms with Crippen molar-refractivity contribution in [3.05, 3.63) is 35.9 Å². The number of aliphatic hydroxyl groups is 1. The first-order valence-corrected chi connectivity index (χ1v) is 8.75. The van der Waals surface area contributed by atoms with E-state index in [1.54, 1.807) is 20.8 Å². The predicted octanol–water partition coefficient (Wildman–Crippen LogP) is 2.11. The van der Waals surface area contributed by atoms with E-state index >= 15 is 0 Å². The van der Waals surface area contributed by atoms with Crippen LogP contribution < -0.4 is 5.32 Å². The van der Waals surface area contributed by atoms with Crippen LogP contribution in [0.4, 0.5) is 4.79 Å². The van der Waals surface area contributed by atoms with E-state index in [1.165, 1.54) is 10.5 Å². The summed E-state index contributed by atoms with van der Waals surface area (Å²) < 4.78 is 5.33. The van der Waals surface area contributed by atoms with Gasteiger partial charge in [-0.25, -0.2) is 4.79 Å². The van der Waals surface area contributed by atoms with E-state index in [4.69, 9.17) is 4.74 Å². The van der Waals surface area contributed by atoms with Gasteiger partial charge in [-0.3, -0.25) is 9.69 Å². The van der Waals surface area contributed by atoms with Crippen LogP contribution in [0.25, 0.3) is 0 Å². The smallest absolute Gasteiger partial charge is 0.411 e. The zero-order valence-electron chi connectivity index (χ0n) is 15.2. The molecule has 6 nitrogen and oxygen atoms in total. The van der Waals surface area contributed by atoms with Crippen LogP contribution in [0.2, 0.25) is 0 Å². The van der Waals surface area contributed by atoms with Crippen molar-refractivity contribution in [3.63, 3.8) is 0 Å². The van der Waals surface area contributed by atoms with Crippen molar-refractivity contribution in [1.29, 1.82) is 0 Å². The first-order chi connectivity index (χ1) is 11.8. The van der Waals surface area contributed by atoms with E-state index in [9.17, 15) is 14.7 Å². The van der Waals surface area contributed by atoms with Gasteiger partial charge in [0.05, 0.1) is 12.6 Å². The maximum atomic E-state index is 12.4. The Hall–Kier alpha value is -2.08. The Morgan fingerprint density at radius 1 is 1.28 bits per heavy atom. The molecule has 0 radical (unpaired) electrons. The third-order valence-corrected chi connectivity index (χ3v) is 3.99. The molecule has 1 saturated heterocycles. The van der Waals surface area contributed by atoms with Crippen molar-refractivity contribution >= 4 is 12.0 Å². The summed E-state index contributed by atoms with van der Waals surface area (Å²) in [6.45, 7) is 5.97. The summed E-state index contributed by atoms with van der Waals surface area (Å²) in [5, 5.41) is 12.7. The Morgan fingerprint density at radius 3 is 2.60 bits per heavy atom. The van der Waals surface area contributed by atoms with Crippen LogP contribution in [0, 0.1) is 0 Å². The molecule has 1 aliphatic rings. The molecule has 2 amide bonds. The fourth-order valence-corrected chi connectivity index (χ4v) is 2.85. The summed E-state index contributed by atoms with van der Waals surface area (Å²) in [6, 6.07) is 9.39. The standard InChI is InChI=1S/C19H28N2O4/c1-19(2,3)25-18(24)21-13-15(22)12-16(21)17(23)20-11-7-10-14-8-5-4-6-9-14/h4-6,8-9,15-16,22H,7,10-13H2,1-3H3,(H,20,23)/t15-,16+/m0/s1. The normalized spacial score (nSPS) is 20.4. The number of carbonyl (C=O) groups is 2. The third-order valence-electron chi connectivity index (χ3n) is 3.99. The summed E-state index contributed by atoms with van der Waals surface area (Å²) in [5.41, 5.74) is 0.588. The molecule has 138 valence electrons. The molecule has 1 heterocycles. The number of nitrogens with zero attached hydrogens (tertiary/aromatic N) is 1. The Bertz CT molecular complexity index is 583. The highest BCUT2D eigenvalue weighted by Gasteiger charge is 2.40. The Morgan fingerprint density at radius 2 is 1.96 bits per heavy atom. The summed E-state index contributed by atoms with van der Waals surface area (Å²) in [6.07, 6.45) is 0.673. The molecule has 2 rings (SSSR count). The van der Waals surface area contributed by atoms with E-state index < -0.39 is 23.8 Å². The van der Waals surface area contributed by atoms with Crippen LogP contribution in [-0.2, 0) is 16.0 Å². The van der Waals surface area contributed by atoms with Gasteiger partial charge in [0.1, 0.15) is 11.6 Å². The SMILES string of the molecule is CC(C)(C)OC(=O)N1C[C@@H](O)C[C@@H]1C(=O)NCCCc1ccccc1. The quantitative estimate of drug-likeness (QED) is 0.799. The van der Waals surface area contributed by atoms with Gasteiger partial charge in [-0.15, -0.1) is 0 Å². The molecule has 2 atom stereocenters. The molecule has 25 heavy (non-hydrogen) atoms. The lowest BCUT2D eigenvalue weighted by molar-refractivity contribution is -0.125. The second kappa shape index (κ2) is 8.34. The van der Waals surface area contributed by atoms with Gasteiger partial charge in [0.25, 0.3) is 0 Å². The van der Waals surface area contributed by atoms with E-state index in [-0.39, 0.29) is 18.9 Å². The number of hydrogen-bond donors (Lipinski definition) is 2. The van der Waals surface area contributed by atoms with Gasteiger partial charge in [-0.05, 0) is 39.2 Å². The zero-order valence-corrected chi connectivity index (χ0v) is 15.2. The number of carbonyl (C=O) groups excluding carboxylic acids is 2. The number of aliphatic hydroxyl groups excluding tert-OH is 1. The van der Waals surface area contributed by atoms with Gasteiger partial charge < -0.3 is 15.2 Å². The van der Waals surface area contributed by atoms with Crippen LogP contribution in [-0.4, -0.2) is 52.8 Å². The monoisotopic (exact) mass is 348 g/mol. The van der Waals surface area contributed by atoms with Gasteiger partial charge >= 0.3 is 6.09 Å². The lowest BCUT2D eigenvalue weighted by atomic mass is 10.1. The average Bonchev–Trinajstić information content (AvgIpc) is 2.93. The zero-order chi connectivity index (χ0) is 18.4. The van der Waals surface area contributed by atoms with Crippen LogP contribution in [0.15, 0.2) is 30.3 Å². The van der Waals surface area contributed by atoms with E-state index in [0.29, 0.717) is 6.54 Å².